The standard InChI is InChI=1S/C9H12N2O2.ClH/c12-11-3-1-2-9(8-11)10-4-6-13-7-5-10;/h1-3,8H,4-7H2;1H. The van der Waals surface area contributed by atoms with Crippen LogP contribution in [0.4, 0.5) is 5.69 Å². The van der Waals surface area contributed by atoms with Crippen LogP contribution in [0.3, 0.4) is 0 Å². The molecule has 0 aromatic carbocycles. The molecule has 2 heterocycles. The van der Waals surface area contributed by atoms with Gasteiger partial charge in [-0.05, 0) is 6.07 Å². The van der Waals surface area contributed by atoms with Crippen LogP contribution in [-0.4, -0.2) is 26.3 Å². The smallest absolute Gasteiger partial charge is 0.203 e. The maximum absolute atomic E-state index is 11.0. The van der Waals surface area contributed by atoms with Gasteiger partial charge in [-0.1, -0.05) is 0 Å². The van der Waals surface area contributed by atoms with E-state index in [4.69, 9.17) is 4.74 Å². The number of rotatable bonds is 1. The van der Waals surface area contributed by atoms with E-state index in [9.17, 15) is 5.21 Å². The molecule has 0 radical (unpaired) electrons. The highest BCUT2D eigenvalue weighted by molar-refractivity contribution is 5.85. The number of morpholine rings is 1. The number of nitrogens with zero attached hydrogens (tertiary/aromatic N) is 2. The van der Waals surface area contributed by atoms with Crippen molar-refractivity contribution in [2.75, 3.05) is 31.2 Å². The third-order valence-electron chi connectivity index (χ3n) is 2.14. The van der Waals surface area contributed by atoms with Gasteiger partial charge >= 0.3 is 0 Å². The van der Waals surface area contributed by atoms with Gasteiger partial charge < -0.3 is 14.8 Å². The van der Waals surface area contributed by atoms with E-state index in [1.54, 1.807) is 12.3 Å². The Labute approximate surface area is 89.1 Å². The predicted molar refractivity (Wildman–Crippen MR) is 55.7 cm³/mol. The molecule has 1 aliphatic rings. The number of aromatic nitrogens is 1. The molecule has 0 atom stereocenters. The van der Waals surface area contributed by atoms with Crippen molar-refractivity contribution in [2.45, 2.75) is 0 Å². The number of ether oxygens (including phenoxy) is 1. The molecule has 0 unspecified atom stereocenters. The number of hydrogen-bond donors (Lipinski definition) is 0. The van der Waals surface area contributed by atoms with Crippen LogP contribution in [0, 0.1) is 5.21 Å². The lowest BCUT2D eigenvalue weighted by Crippen LogP contribution is -2.38. The lowest BCUT2D eigenvalue weighted by atomic mass is 10.3. The number of halogens is 1. The van der Waals surface area contributed by atoms with Crippen LogP contribution in [0.5, 0.6) is 0 Å². The van der Waals surface area contributed by atoms with Crippen LogP contribution in [-0.2, 0) is 4.74 Å². The Morgan fingerprint density at radius 1 is 1.36 bits per heavy atom. The summed E-state index contributed by atoms with van der Waals surface area (Å²) in [6.45, 7) is 3.22. The van der Waals surface area contributed by atoms with Crippen LogP contribution < -0.4 is 9.63 Å². The second-order valence-electron chi connectivity index (χ2n) is 3.02. The highest BCUT2D eigenvalue weighted by atomic mass is 35.5. The van der Waals surface area contributed by atoms with Crippen molar-refractivity contribution in [1.29, 1.82) is 0 Å². The molecule has 5 heteroatoms. The van der Waals surface area contributed by atoms with Gasteiger partial charge in [-0.15, -0.1) is 12.4 Å². The Hall–Kier alpha value is -1.00. The molecule has 0 bridgehead atoms. The van der Waals surface area contributed by atoms with Crippen molar-refractivity contribution < 1.29 is 9.47 Å². The van der Waals surface area contributed by atoms with Crippen molar-refractivity contribution in [2.24, 2.45) is 0 Å². The van der Waals surface area contributed by atoms with E-state index in [1.807, 2.05) is 6.07 Å². The molecule has 1 aromatic heterocycles. The zero-order chi connectivity index (χ0) is 9.10. The van der Waals surface area contributed by atoms with Crippen molar-refractivity contribution >= 4 is 18.1 Å². The normalized spacial score (nSPS) is 16.1. The molecular weight excluding hydrogens is 204 g/mol. The van der Waals surface area contributed by atoms with Crippen LogP contribution in [0.25, 0.3) is 0 Å². The monoisotopic (exact) mass is 216 g/mol. The topological polar surface area (TPSA) is 39.4 Å². The van der Waals surface area contributed by atoms with Gasteiger partial charge in [0.05, 0.1) is 13.2 Å². The van der Waals surface area contributed by atoms with Crippen LogP contribution in [0.2, 0.25) is 0 Å². The van der Waals surface area contributed by atoms with E-state index in [-0.39, 0.29) is 12.4 Å². The summed E-state index contributed by atoms with van der Waals surface area (Å²) in [6, 6.07) is 3.71. The first kappa shape index (κ1) is 11.1. The fraction of sp³-hybridized carbons (Fsp3) is 0.444. The highest BCUT2D eigenvalue weighted by Gasteiger charge is 2.12. The zero-order valence-electron chi connectivity index (χ0n) is 7.76. The van der Waals surface area contributed by atoms with Gasteiger partial charge in [-0.25, -0.2) is 0 Å². The largest absolute Gasteiger partial charge is 0.619 e. The van der Waals surface area contributed by atoms with E-state index in [0.29, 0.717) is 0 Å². The molecule has 2 rings (SSSR count). The first-order valence-electron chi connectivity index (χ1n) is 4.38. The van der Waals surface area contributed by atoms with Crippen molar-refractivity contribution in [3.8, 4) is 0 Å². The second kappa shape index (κ2) is 5.02. The number of pyridine rings is 1. The molecule has 0 amide bonds. The second-order valence-corrected chi connectivity index (χ2v) is 3.02. The molecule has 1 saturated heterocycles. The predicted octanol–water partition coefficient (Wildman–Crippen LogP) is 0.578. The van der Waals surface area contributed by atoms with Crippen molar-refractivity contribution in [3.63, 3.8) is 0 Å². The summed E-state index contributed by atoms with van der Waals surface area (Å²) < 4.78 is 6.05. The van der Waals surface area contributed by atoms with Gasteiger partial charge in [0, 0.05) is 19.2 Å². The minimum Gasteiger partial charge on any atom is -0.619 e. The lowest BCUT2D eigenvalue weighted by molar-refractivity contribution is -0.604. The number of hydrogen-bond acceptors (Lipinski definition) is 3. The quantitative estimate of drug-likeness (QED) is 0.509. The molecule has 1 aliphatic heterocycles. The van der Waals surface area contributed by atoms with E-state index in [2.05, 4.69) is 4.90 Å². The molecule has 1 fully saturated rings. The third kappa shape index (κ3) is 2.49. The van der Waals surface area contributed by atoms with E-state index in [1.165, 1.54) is 6.20 Å². The van der Waals surface area contributed by atoms with Gasteiger partial charge in [-0.2, -0.15) is 4.73 Å². The average molecular weight is 217 g/mol. The van der Waals surface area contributed by atoms with E-state index in [0.717, 1.165) is 36.7 Å². The summed E-state index contributed by atoms with van der Waals surface area (Å²) in [5.74, 6) is 0. The summed E-state index contributed by atoms with van der Waals surface area (Å²) in [5.41, 5.74) is 0.973. The molecule has 0 aliphatic carbocycles. The van der Waals surface area contributed by atoms with Gasteiger partial charge in [0.1, 0.15) is 5.69 Å². The fourth-order valence-electron chi connectivity index (χ4n) is 1.45. The van der Waals surface area contributed by atoms with Gasteiger partial charge in [0.15, 0.2) is 6.20 Å². The van der Waals surface area contributed by atoms with Crippen LogP contribution in [0.1, 0.15) is 0 Å². The zero-order valence-corrected chi connectivity index (χ0v) is 8.57. The van der Waals surface area contributed by atoms with Crippen molar-refractivity contribution in [3.05, 3.63) is 29.7 Å². The lowest BCUT2D eigenvalue weighted by Gasteiger charge is -2.27. The first-order valence-corrected chi connectivity index (χ1v) is 4.38. The molecule has 4 nitrogen and oxygen atoms in total. The van der Waals surface area contributed by atoms with Crippen LogP contribution >= 0.6 is 12.4 Å². The van der Waals surface area contributed by atoms with Gasteiger partial charge in [0.2, 0.25) is 6.20 Å². The molecule has 0 N–H and O–H groups in total. The van der Waals surface area contributed by atoms with Crippen LogP contribution in [0.15, 0.2) is 24.5 Å². The molecule has 0 spiro atoms. The molecule has 14 heavy (non-hydrogen) atoms. The molecule has 78 valence electrons. The number of anilines is 1. The van der Waals surface area contributed by atoms with Gasteiger partial charge in [-0.3, -0.25) is 0 Å². The van der Waals surface area contributed by atoms with E-state index < -0.39 is 0 Å². The summed E-state index contributed by atoms with van der Waals surface area (Å²) in [5, 5.41) is 11.0. The summed E-state index contributed by atoms with van der Waals surface area (Å²) in [7, 11) is 0. The Bertz CT molecular complexity index is 290. The van der Waals surface area contributed by atoms with E-state index >= 15 is 0 Å². The fourth-order valence-corrected chi connectivity index (χ4v) is 1.45. The molecule has 1 aromatic rings. The summed E-state index contributed by atoms with van der Waals surface area (Å²) >= 11 is 0. The molecule has 0 saturated carbocycles. The Morgan fingerprint density at radius 2 is 2.07 bits per heavy atom. The summed E-state index contributed by atoms with van der Waals surface area (Å²) in [4.78, 5) is 2.15. The maximum Gasteiger partial charge on any atom is 0.203 e. The molecular formula is C9H13ClN2O2. The van der Waals surface area contributed by atoms with Gasteiger partial charge in [0.25, 0.3) is 0 Å². The van der Waals surface area contributed by atoms with Crippen molar-refractivity contribution in [1.82, 2.24) is 0 Å². The highest BCUT2D eigenvalue weighted by Crippen LogP contribution is 2.11. The Morgan fingerprint density at radius 3 is 2.71 bits per heavy atom. The Kier molecular flexibility index (Phi) is 3.98. The summed E-state index contributed by atoms with van der Waals surface area (Å²) in [6.07, 6.45) is 3.08. The maximum atomic E-state index is 11.0. The average Bonchev–Trinajstić information content (AvgIpc) is 2.19. The SMILES string of the molecule is Cl.[O-][n+]1cccc(N2CCOCC2)c1. The Balaban J connectivity index is 0.000000980. The minimum absolute atomic E-state index is 0. The first-order chi connectivity index (χ1) is 6.36. The minimum atomic E-state index is 0. The third-order valence-corrected chi connectivity index (χ3v) is 2.14.